The van der Waals surface area contributed by atoms with Gasteiger partial charge in [0.05, 0.1) is 12.0 Å². The van der Waals surface area contributed by atoms with Gasteiger partial charge in [-0.2, -0.15) is 5.26 Å². The molecule has 1 aliphatic carbocycles. The van der Waals surface area contributed by atoms with E-state index in [-0.39, 0.29) is 17.9 Å². The fraction of sp³-hybridized carbons (Fsp3) is 0.818. The summed E-state index contributed by atoms with van der Waals surface area (Å²) >= 11 is 0. The smallest absolute Gasteiger partial charge is 0.410 e. The van der Waals surface area contributed by atoms with E-state index in [0.717, 1.165) is 19.3 Å². The summed E-state index contributed by atoms with van der Waals surface area (Å²) in [7, 11) is 1.63. The van der Waals surface area contributed by atoms with Crippen LogP contribution in [0.15, 0.2) is 0 Å². The minimum atomic E-state index is -0.946. The zero-order valence-corrected chi connectivity index (χ0v) is 18.9. The summed E-state index contributed by atoms with van der Waals surface area (Å²) in [5.41, 5.74) is -1.37. The Bertz CT molecular complexity index is 680. The average molecular weight is 422 g/mol. The minimum Gasteiger partial charge on any atom is -0.452 e. The van der Waals surface area contributed by atoms with Gasteiger partial charge < -0.3 is 19.3 Å². The SMILES string of the molecule is C[C@H](OC(=O)C1CCN(C(=O)OC(C)(C)C)CC1)C(=O)N(C)C1(C#N)CCCCC1. The largest absolute Gasteiger partial charge is 0.452 e. The van der Waals surface area contributed by atoms with E-state index in [4.69, 9.17) is 9.47 Å². The van der Waals surface area contributed by atoms with Crippen molar-refractivity contribution in [1.29, 1.82) is 5.26 Å². The molecule has 1 aliphatic heterocycles. The fourth-order valence-corrected chi connectivity index (χ4v) is 4.09. The lowest BCUT2D eigenvalue weighted by molar-refractivity contribution is -0.165. The van der Waals surface area contributed by atoms with Crippen LogP contribution in [0.4, 0.5) is 4.79 Å². The molecule has 168 valence electrons. The summed E-state index contributed by atoms with van der Waals surface area (Å²) < 4.78 is 10.8. The number of likely N-dealkylation sites (N-methyl/N-ethyl adjacent to an activating group) is 1. The van der Waals surface area contributed by atoms with Gasteiger partial charge in [0, 0.05) is 20.1 Å². The van der Waals surface area contributed by atoms with Crippen LogP contribution in [-0.2, 0) is 19.1 Å². The van der Waals surface area contributed by atoms with Crippen molar-refractivity contribution >= 4 is 18.0 Å². The van der Waals surface area contributed by atoms with E-state index in [0.29, 0.717) is 38.8 Å². The molecule has 0 N–H and O–H groups in total. The average Bonchev–Trinajstić information content (AvgIpc) is 2.71. The Balaban J connectivity index is 1.86. The molecule has 1 heterocycles. The molecule has 0 spiro atoms. The molecule has 1 saturated heterocycles. The molecule has 0 aromatic rings. The number of ether oxygens (including phenoxy) is 2. The van der Waals surface area contributed by atoms with Crippen molar-refractivity contribution in [2.75, 3.05) is 20.1 Å². The molecular weight excluding hydrogens is 386 g/mol. The van der Waals surface area contributed by atoms with E-state index >= 15 is 0 Å². The highest BCUT2D eigenvalue weighted by Gasteiger charge is 2.41. The van der Waals surface area contributed by atoms with Gasteiger partial charge in [0.2, 0.25) is 0 Å². The number of hydrogen-bond acceptors (Lipinski definition) is 6. The summed E-state index contributed by atoms with van der Waals surface area (Å²) in [4.78, 5) is 40.6. The third-order valence-corrected chi connectivity index (χ3v) is 5.98. The molecule has 0 aromatic carbocycles. The van der Waals surface area contributed by atoms with Crippen LogP contribution in [0.1, 0.15) is 72.6 Å². The van der Waals surface area contributed by atoms with E-state index in [1.165, 1.54) is 4.90 Å². The van der Waals surface area contributed by atoms with Crippen LogP contribution >= 0.6 is 0 Å². The van der Waals surface area contributed by atoms with E-state index in [9.17, 15) is 19.6 Å². The number of piperidine rings is 1. The van der Waals surface area contributed by atoms with Gasteiger partial charge in [-0.1, -0.05) is 19.3 Å². The second-order valence-electron chi connectivity index (χ2n) is 9.42. The molecule has 0 unspecified atom stereocenters. The topological polar surface area (TPSA) is 99.9 Å². The van der Waals surface area contributed by atoms with Gasteiger partial charge in [0.25, 0.3) is 5.91 Å². The van der Waals surface area contributed by atoms with Crippen molar-refractivity contribution in [2.24, 2.45) is 5.92 Å². The summed E-state index contributed by atoms with van der Waals surface area (Å²) in [5, 5.41) is 9.67. The van der Waals surface area contributed by atoms with Crippen LogP contribution in [0.25, 0.3) is 0 Å². The number of amides is 2. The Morgan fingerprint density at radius 2 is 1.70 bits per heavy atom. The third-order valence-electron chi connectivity index (χ3n) is 5.98. The Hall–Kier alpha value is -2.30. The number of carbonyl (C=O) groups excluding carboxylic acids is 3. The maximum absolute atomic E-state index is 12.8. The normalized spacial score (nSPS) is 20.6. The summed E-state index contributed by atoms with van der Waals surface area (Å²) in [5.74, 6) is -1.13. The van der Waals surface area contributed by atoms with E-state index < -0.39 is 23.2 Å². The highest BCUT2D eigenvalue weighted by atomic mass is 16.6. The summed E-state index contributed by atoms with van der Waals surface area (Å²) in [6.07, 6.45) is 3.80. The summed E-state index contributed by atoms with van der Waals surface area (Å²) in [6.45, 7) is 7.82. The van der Waals surface area contributed by atoms with Crippen molar-refractivity contribution in [3.05, 3.63) is 0 Å². The first-order valence-electron chi connectivity index (χ1n) is 10.9. The molecule has 0 bridgehead atoms. The Morgan fingerprint density at radius 3 is 2.20 bits per heavy atom. The van der Waals surface area contributed by atoms with E-state index in [2.05, 4.69) is 6.07 Å². The summed E-state index contributed by atoms with van der Waals surface area (Å²) in [6, 6.07) is 2.32. The number of likely N-dealkylation sites (tertiary alicyclic amines) is 1. The highest BCUT2D eigenvalue weighted by Crippen LogP contribution is 2.33. The molecular formula is C22H35N3O5. The Morgan fingerprint density at radius 1 is 1.13 bits per heavy atom. The molecule has 2 fully saturated rings. The second kappa shape index (κ2) is 9.67. The van der Waals surface area contributed by atoms with E-state index in [1.54, 1.807) is 18.9 Å². The zero-order chi connectivity index (χ0) is 22.5. The van der Waals surface area contributed by atoms with Crippen molar-refractivity contribution in [2.45, 2.75) is 89.9 Å². The highest BCUT2D eigenvalue weighted by molar-refractivity contribution is 5.85. The second-order valence-corrected chi connectivity index (χ2v) is 9.42. The molecule has 30 heavy (non-hydrogen) atoms. The molecule has 0 radical (unpaired) electrons. The van der Waals surface area contributed by atoms with Gasteiger partial charge in [0.15, 0.2) is 6.10 Å². The fourth-order valence-electron chi connectivity index (χ4n) is 4.09. The first-order valence-corrected chi connectivity index (χ1v) is 10.9. The number of esters is 1. The minimum absolute atomic E-state index is 0.349. The van der Waals surface area contributed by atoms with Gasteiger partial charge in [0.1, 0.15) is 11.1 Å². The van der Waals surface area contributed by atoms with Crippen molar-refractivity contribution < 1.29 is 23.9 Å². The molecule has 0 aromatic heterocycles. The molecule has 1 atom stereocenters. The molecule has 2 aliphatic rings. The van der Waals surface area contributed by atoms with Crippen LogP contribution in [0.2, 0.25) is 0 Å². The van der Waals surface area contributed by atoms with Gasteiger partial charge >= 0.3 is 12.1 Å². The molecule has 8 heteroatoms. The standard InChI is InChI=1S/C22H35N3O5/c1-16(18(26)24(5)22(15-23)11-7-6-8-12-22)29-19(27)17-9-13-25(14-10-17)20(28)30-21(2,3)4/h16-17H,6-14H2,1-5H3/t16-/m0/s1. The Kier molecular flexibility index (Phi) is 7.73. The molecule has 1 saturated carbocycles. The monoisotopic (exact) mass is 421 g/mol. The lowest BCUT2D eigenvalue weighted by atomic mass is 9.81. The Labute approximate surface area is 179 Å². The molecule has 8 nitrogen and oxygen atoms in total. The molecule has 2 rings (SSSR count). The van der Waals surface area contributed by atoms with Crippen molar-refractivity contribution in [3.63, 3.8) is 0 Å². The molecule has 2 amide bonds. The van der Waals surface area contributed by atoms with Crippen LogP contribution in [-0.4, -0.2) is 65.2 Å². The van der Waals surface area contributed by atoms with Crippen LogP contribution < -0.4 is 0 Å². The lowest BCUT2D eigenvalue weighted by Crippen LogP contribution is -2.53. The zero-order valence-electron chi connectivity index (χ0n) is 18.9. The van der Waals surface area contributed by atoms with Gasteiger partial charge in [-0.25, -0.2) is 4.79 Å². The number of nitrogens with zero attached hydrogens (tertiary/aromatic N) is 3. The number of hydrogen-bond donors (Lipinski definition) is 0. The first kappa shape index (κ1) is 24.0. The lowest BCUT2D eigenvalue weighted by Gasteiger charge is -2.40. The maximum Gasteiger partial charge on any atom is 0.410 e. The quantitative estimate of drug-likeness (QED) is 0.646. The van der Waals surface area contributed by atoms with Gasteiger partial charge in [-0.05, 0) is 53.4 Å². The third kappa shape index (κ3) is 5.87. The van der Waals surface area contributed by atoms with Gasteiger partial charge in [-0.15, -0.1) is 0 Å². The van der Waals surface area contributed by atoms with Crippen molar-refractivity contribution in [1.82, 2.24) is 9.80 Å². The predicted molar refractivity (Wildman–Crippen MR) is 110 cm³/mol. The van der Waals surface area contributed by atoms with E-state index in [1.807, 2.05) is 20.8 Å². The maximum atomic E-state index is 12.8. The van der Waals surface area contributed by atoms with Gasteiger partial charge in [-0.3, -0.25) is 9.59 Å². The first-order chi connectivity index (χ1) is 14.0. The predicted octanol–water partition coefficient (Wildman–Crippen LogP) is 3.25. The number of nitriles is 1. The van der Waals surface area contributed by atoms with Crippen LogP contribution in [0, 0.1) is 17.2 Å². The van der Waals surface area contributed by atoms with Crippen LogP contribution in [0.3, 0.4) is 0 Å². The number of carbonyl (C=O) groups is 3. The van der Waals surface area contributed by atoms with Crippen molar-refractivity contribution in [3.8, 4) is 6.07 Å². The van der Waals surface area contributed by atoms with Crippen LogP contribution in [0.5, 0.6) is 0 Å². The number of rotatable bonds is 4.